The van der Waals surface area contributed by atoms with Gasteiger partial charge in [-0.3, -0.25) is 9.59 Å². The van der Waals surface area contributed by atoms with Gasteiger partial charge < -0.3 is 19.5 Å². The number of nitrogens with zero attached hydrogens (tertiary/aromatic N) is 3. The van der Waals surface area contributed by atoms with E-state index < -0.39 is 5.92 Å². The minimum absolute atomic E-state index is 0.0579. The number of carbonyl (C=O) groups excluding carboxylic acids is 2. The number of benzene rings is 3. The second kappa shape index (κ2) is 8.43. The number of hydrogen-bond acceptors (Lipinski definition) is 4. The lowest BCUT2D eigenvalue weighted by atomic mass is 10.1. The summed E-state index contributed by atoms with van der Waals surface area (Å²) in [5.41, 5.74) is 4.44. The van der Waals surface area contributed by atoms with E-state index in [0.29, 0.717) is 12.2 Å². The summed E-state index contributed by atoms with van der Waals surface area (Å²) in [6, 6.07) is 22.9. The van der Waals surface area contributed by atoms with Gasteiger partial charge in [-0.2, -0.15) is 0 Å². The third-order valence-corrected chi connectivity index (χ3v) is 6.08. The van der Waals surface area contributed by atoms with E-state index in [2.05, 4.69) is 9.88 Å². The van der Waals surface area contributed by atoms with Crippen LogP contribution < -0.4 is 15.0 Å². The normalized spacial score (nSPS) is 15.8. The zero-order valence-corrected chi connectivity index (χ0v) is 18.5. The van der Waals surface area contributed by atoms with Crippen molar-refractivity contribution in [3.05, 3.63) is 72.8 Å². The predicted molar refractivity (Wildman–Crippen MR) is 128 cm³/mol. The van der Waals surface area contributed by atoms with Crippen LogP contribution in [0.3, 0.4) is 0 Å². The van der Waals surface area contributed by atoms with Crippen LogP contribution in [0.1, 0.15) is 6.42 Å². The van der Waals surface area contributed by atoms with Gasteiger partial charge in [-0.05, 0) is 60.7 Å². The number of anilines is 2. The minimum atomic E-state index is -0.404. The number of carbonyl (C=O) groups is 2. The maximum absolute atomic E-state index is 12.8. The summed E-state index contributed by atoms with van der Waals surface area (Å²) in [6.45, 7) is 0.356. The number of ether oxygens (including phenoxy) is 1. The zero-order valence-electron chi connectivity index (χ0n) is 18.5. The van der Waals surface area contributed by atoms with Crippen LogP contribution in [0.4, 0.5) is 11.4 Å². The number of methoxy groups -OCH3 is 1. The summed E-state index contributed by atoms with van der Waals surface area (Å²) in [6.07, 6.45) is 0.190. The van der Waals surface area contributed by atoms with Crippen LogP contribution in [0.2, 0.25) is 0 Å². The van der Waals surface area contributed by atoms with E-state index in [4.69, 9.17) is 9.72 Å². The molecule has 1 unspecified atom stereocenters. The molecule has 1 N–H and O–H groups in total. The first-order valence-electron chi connectivity index (χ1n) is 10.8. The molecule has 2 heterocycles. The van der Waals surface area contributed by atoms with Gasteiger partial charge in [0.05, 0.1) is 24.1 Å². The zero-order chi connectivity index (χ0) is 22.9. The first-order valence-corrected chi connectivity index (χ1v) is 10.8. The molecule has 1 aliphatic heterocycles. The number of nitrogens with one attached hydrogen (secondary N) is 1. The van der Waals surface area contributed by atoms with E-state index in [9.17, 15) is 9.59 Å². The lowest BCUT2D eigenvalue weighted by Crippen LogP contribution is -2.28. The largest absolute Gasteiger partial charge is 0.497 e. The van der Waals surface area contributed by atoms with Gasteiger partial charge in [-0.25, -0.2) is 4.98 Å². The maximum atomic E-state index is 12.8. The van der Waals surface area contributed by atoms with E-state index in [1.165, 1.54) is 0 Å². The minimum Gasteiger partial charge on any atom is -0.497 e. The van der Waals surface area contributed by atoms with Crippen molar-refractivity contribution in [1.82, 2.24) is 9.55 Å². The van der Waals surface area contributed by atoms with Crippen molar-refractivity contribution in [3.8, 4) is 17.1 Å². The van der Waals surface area contributed by atoms with Gasteiger partial charge in [0.15, 0.2) is 0 Å². The SMILES string of the molecule is COc1ccc(N2CC(C(=O)Nc3ccc(-c4nc5ccccc5n4C)cc3)CC2=O)cc1. The Morgan fingerprint density at radius 3 is 2.45 bits per heavy atom. The molecule has 0 spiro atoms. The van der Waals surface area contributed by atoms with Gasteiger partial charge in [0.25, 0.3) is 0 Å². The average molecular weight is 441 g/mol. The lowest BCUT2D eigenvalue weighted by molar-refractivity contribution is -0.122. The Labute approximate surface area is 191 Å². The highest BCUT2D eigenvalue weighted by Crippen LogP contribution is 2.28. The summed E-state index contributed by atoms with van der Waals surface area (Å²) in [5, 5.41) is 2.95. The predicted octanol–water partition coefficient (Wildman–Crippen LogP) is 4.24. The molecule has 166 valence electrons. The van der Waals surface area contributed by atoms with E-state index in [0.717, 1.165) is 33.9 Å². The van der Waals surface area contributed by atoms with Crippen LogP contribution in [-0.4, -0.2) is 35.0 Å². The molecule has 0 radical (unpaired) electrons. The lowest BCUT2D eigenvalue weighted by Gasteiger charge is -2.17. The fraction of sp³-hybridized carbons (Fsp3) is 0.192. The third-order valence-electron chi connectivity index (χ3n) is 6.08. The van der Waals surface area contributed by atoms with Crippen molar-refractivity contribution >= 4 is 34.2 Å². The molecule has 0 bridgehead atoms. The molecule has 3 aromatic carbocycles. The van der Waals surface area contributed by atoms with E-state index in [-0.39, 0.29) is 18.2 Å². The van der Waals surface area contributed by atoms with Crippen molar-refractivity contribution in [2.75, 3.05) is 23.9 Å². The second-order valence-electron chi connectivity index (χ2n) is 8.15. The molecule has 1 aromatic heterocycles. The van der Waals surface area contributed by atoms with Gasteiger partial charge in [0.2, 0.25) is 11.8 Å². The van der Waals surface area contributed by atoms with Crippen LogP contribution in [-0.2, 0) is 16.6 Å². The van der Waals surface area contributed by atoms with Crippen LogP contribution in [0, 0.1) is 5.92 Å². The molecule has 33 heavy (non-hydrogen) atoms. The Hall–Kier alpha value is -4.13. The Morgan fingerprint density at radius 1 is 1.03 bits per heavy atom. The topological polar surface area (TPSA) is 76.5 Å². The van der Waals surface area contributed by atoms with Crippen molar-refractivity contribution < 1.29 is 14.3 Å². The fourth-order valence-corrected chi connectivity index (χ4v) is 4.25. The first-order chi connectivity index (χ1) is 16.0. The van der Waals surface area contributed by atoms with Gasteiger partial charge in [0.1, 0.15) is 11.6 Å². The fourth-order valence-electron chi connectivity index (χ4n) is 4.25. The van der Waals surface area contributed by atoms with Gasteiger partial charge >= 0.3 is 0 Å². The number of aromatic nitrogens is 2. The van der Waals surface area contributed by atoms with Crippen molar-refractivity contribution in [3.63, 3.8) is 0 Å². The molecular weight excluding hydrogens is 416 g/mol. The van der Waals surface area contributed by atoms with E-state index in [1.54, 1.807) is 12.0 Å². The van der Waals surface area contributed by atoms with Gasteiger partial charge in [0, 0.05) is 37.0 Å². The number of fused-ring (bicyclic) bond motifs is 1. The number of hydrogen-bond donors (Lipinski definition) is 1. The number of rotatable bonds is 5. The second-order valence-corrected chi connectivity index (χ2v) is 8.15. The van der Waals surface area contributed by atoms with Crippen LogP contribution >= 0.6 is 0 Å². The van der Waals surface area contributed by atoms with Crippen molar-refractivity contribution in [2.24, 2.45) is 13.0 Å². The molecule has 1 fully saturated rings. The molecule has 1 aliphatic rings. The third kappa shape index (κ3) is 3.93. The summed E-state index contributed by atoms with van der Waals surface area (Å²) < 4.78 is 7.23. The molecule has 1 atom stereocenters. The molecule has 0 aliphatic carbocycles. The number of para-hydroxylation sites is 2. The smallest absolute Gasteiger partial charge is 0.229 e. The Kier molecular flexibility index (Phi) is 5.30. The number of imidazole rings is 1. The summed E-state index contributed by atoms with van der Waals surface area (Å²) >= 11 is 0. The van der Waals surface area contributed by atoms with Gasteiger partial charge in [-0.1, -0.05) is 12.1 Å². The molecule has 2 amide bonds. The van der Waals surface area contributed by atoms with Crippen molar-refractivity contribution in [2.45, 2.75) is 6.42 Å². The molecule has 1 saturated heterocycles. The number of amides is 2. The highest BCUT2D eigenvalue weighted by atomic mass is 16.5. The molecule has 0 saturated carbocycles. The maximum Gasteiger partial charge on any atom is 0.229 e. The molecule has 7 nitrogen and oxygen atoms in total. The summed E-state index contributed by atoms with van der Waals surface area (Å²) in [7, 11) is 3.59. The molecular formula is C26H24N4O3. The molecule has 7 heteroatoms. The Morgan fingerprint density at radius 2 is 1.76 bits per heavy atom. The van der Waals surface area contributed by atoms with Crippen LogP contribution in [0.25, 0.3) is 22.4 Å². The van der Waals surface area contributed by atoms with Crippen molar-refractivity contribution in [1.29, 1.82) is 0 Å². The van der Waals surface area contributed by atoms with Crippen LogP contribution in [0.5, 0.6) is 5.75 Å². The average Bonchev–Trinajstić information content (AvgIpc) is 3.40. The first kappa shape index (κ1) is 20.8. The Balaban J connectivity index is 1.27. The quantitative estimate of drug-likeness (QED) is 0.504. The highest BCUT2D eigenvalue weighted by molar-refractivity contribution is 6.03. The highest BCUT2D eigenvalue weighted by Gasteiger charge is 2.35. The van der Waals surface area contributed by atoms with Crippen LogP contribution in [0.15, 0.2) is 72.8 Å². The van der Waals surface area contributed by atoms with Gasteiger partial charge in [-0.15, -0.1) is 0 Å². The Bertz CT molecular complexity index is 1330. The summed E-state index contributed by atoms with van der Waals surface area (Å²) in [4.78, 5) is 31.7. The van der Waals surface area contributed by atoms with E-state index in [1.807, 2.05) is 79.8 Å². The summed E-state index contributed by atoms with van der Waals surface area (Å²) in [5.74, 6) is 0.971. The monoisotopic (exact) mass is 440 g/mol. The standard InChI is InChI=1S/C26H24N4O3/c1-29-23-6-4-3-5-22(23)28-25(29)17-7-9-19(10-8-17)27-26(32)18-15-24(31)30(16-18)20-11-13-21(33-2)14-12-20/h3-14,18H,15-16H2,1-2H3,(H,27,32). The number of aryl methyl sites for hydroxylation is 1. The molecule has 4 aromatic rings. The van der Waals surface area contributed by atoms with E-state index >= 15 is 0 Å². The molecule has 5 rings (SSSR count).